The maximum absolute atomic E-state index is 12.0. The van der Waals surface area contributed by atoms with E-state index in [2.05, 4.69) is 5.32 Å². The maximum atomic E-state index is 12.0. The van der Waals surface area contributed by atoms with E-state index in [0.717, 1.165) is 26.1 Å². The zero-order valence-corrected chi connectivity index (χ0v) is 10.8. The SMILES string of the molecule is CNCC1CCCN(C(=O)c2ccco2)C1.Cl. The third kappa shape index (κ3) is 3.48. The van der Waals surface area contributed by atoms with E-state index in [-0.39, 0.29) is 18.3 Å². The fourth-order valence-corrected chi connectivity index (χ4v) is 2.26. The number of piperidine rings is 1. The van der Waals surface area contributed by atoms with E-state index in [4.69, 9.17) is 4.42 Å². The fourth-order valence-electron chi connectivity index (χ4n) is 2.26. The molecule has 2 rings (SSSR count). The van der Waals surface area contributed by atoms with Gasteiger partial charge in [0, 0.05) is 13.1 Å². The monoisotopic (exact) mass is 258 g/mol. The highest BCUT2D eigenvalue weighted by molar-refractivity contribution is 5.91. The summed E-state index contributed by atoms with van der Waals surface area (Å²) < 4.78 is 5.14. The Morgan fingerprint density at radius 1 is 1.65 bits per heavy atom. The van der Waals surface area contributed by atoms with Crippen molar-refractivity contribution >= 4 is 18.3 Å². The van der Waals surface area contributed by atoms with Gasteiger partial charge in [-0.25, -0.2) is 0 Å². The maximum Gasteiger partial charge on any atom is 0.289 e. The van der Waals surface area contributed by atoms with Crippen molar-refractivity contribution in [3.05, 3.63) is 24.2 Å². The lowest BCUT2D eigenvalue weighted by Crippen LogP contribution is -2.42. The summed E-state index contributed by atoms with van der Waals surface area (Å²) in [7, 11) is 1.95. The van der Waals surface area contributed by atoms with Gasteiger partial charge in [-0.05, 0) is 44.5 Å². The highest BCUT2D eigenvalue weighted by Crippen LogP contribution is 2.18. The molecule has 5 heteroatoms. The van der Waals surface area contributed by atoms with E-state index in [1.165, 1.54) is 6.42 Å². The minimum absolute atomic E-state index is 0. The van der Waals surface area contributed by atoms with Gasteiger partial charge in [-0.3, -0.25) is 4.79 Å². The molecule has 0 aromatic carbocycles. The van der Waals surface area contributed by atoms with Gasteiger partial charge in [0.1, 0.15) is 0 Å². The molecule has 2 heterocycles. The van der Waals surface area contributed by atoms with Crippen molar-refractivity contribution in [3.63, 3.8) is 0 Å². The van der Waals surface area contributed by atoms with Crippen LogP contribution in [0.3, 0.4) is 0 Å². The number of carbonyl (C=O) groups is 1. The zero-order valence-electron chi connectivity index (χ0n) is 10.0. The van der Waals surface area contributed by atoms with Crippen LogP contribution in [0.1, 0.15) is 23.4 Å². The van der Waals surface area contributed by atoms with Crippen molar-refractivity contribution < 1.29 is 9.21 Å². The Labute approximate surface area is 108 Å². The molecule has 1 aliphatic heterocycles. The van der Waals surface area contributed by atoms with E-state index >= 15 is 0 Å². The first-order valence-corrected chi connectivity index (χ1v) is 5.78. The van der Waals surface area contributed by atoms with Crippen LogP contribution < -0.4 is 5.32 Å². The lowest BCUT2D eigenvalue weighted by atomic mass is 9.98. The highest BCUT2D eigenvalue weighted by atomic mass is 35.5. The summed E-state index contributed by atoms with van der Waals surface area (Å²) in [5.74, 6) is 1.04. The summed E-state index contributed by atoms with van der Waals surface area (Å²) in [6.07, 6.45) is 3.82. The minimum Gasteiger partial charge on any atom is -0.459 e. The van der Waals surface area contributed by atoms with E-state index in [1.54, 1.807) is 18.4 Å². The first kappa shape index (κ1) is 14.1. The molecular formula is C12H19ClN2O2. The van der Waals surface area contributed by atoms with Gasteiger partial charge in [-0.15, -0.1) is 12.4 Å². The Kier molecular flexibility index (Phi) is 5.51. The molecule has 17 heavy (non-hydrogen) atoms. The molecule has 1 aliphatic rings. The number of carbonyl (C=O) groups excluding carboxylic acids is 1. The average molecular weight is 259 g/mol. The highest BCUT2D eigenvalue weighted by Gasteiger charge is 2.25. The first-order chi connectivity index (χ1) is 7.81. The number of nitrogens with zero attached hydrogens (tertiary/aromatic N) is 1. The Balaban J connectivity index is 0.00000144. The Morgan fingerprint density at radius 3 is 3.12 bits per heavy atom. The quantitative estimate of drug-likeness (QED) is 0.899. The van der Waals surface area contributed by atoms with Gasteiger partial charge < -0.3 is 14.6 Å². The number of rotatable bonds is 3. The zero-order chi connectivity index (χ0) is 11.4. The molecule has 0 aliphatic carbocycles. The summed E-state index contributed by atoms with van der Waals surface area (Å²) in [4.78, 5) is 13.9. The van der Waals surface area contributed by atoms with E-state index in [0.29, 0.717) is 11.7 Å². The number of hydrogen-bond donors (Lipinski definition) is 1. The second-order valence-electron chi connectivity index (χ2n) is 4.29. The molecule has 0 bridgehead atoms. The number of furan rings is 1. The molecule has 1 unspecified atom stereocenters. The first-order valence-electron chi connectivity index (χ1n) is 5.78. The van der Waals surface area contributed by atoms with Crippen LogP contribution in [0, 0.1) is 5.92 Å². The normalized spacial score (nSPS) is 19.8. The van der Waals surface area contributed by atoms with Crippen molar-refractivity contribution in [1.29, 1.82) is 0 Å². The third-order valence-electron chi connectivity index (χ3n) is 3.03. The summed E-state index contributed by atoms with van der Waals surface area (Å²) in [6.45, 7) is 2.65. The third-order valence-corrected chi connectivity index (χ3v) is 3.03. The van der Waals surface area contributed by atoms with E-state index in [9.17, 15) is 4.79 Å². The predicted octanol–water partition coefficient (Wildman–Crippen LogP) is 1.77. The van der Waals surface area contributed by atoms with Crippen molar-refractivity contribution in [2.75, 3.05) is 26.7 Å². The summed E-state index contributed by atoms with van der Waals surface area (Å²) >= 11 is 0. The van der Waals surface area contributed by atoms with Gasteiger partial charge in [0.2, 0.25) is 0 Å². The molecule has 1 N–H and O–H groups in total. The number of nitrogens with one attached hydrogen (secondary N) is 1. The lowest BCUT2D eigenvalue weighted by molar-refractivity contribution is 0.0642. The summed E-state index contributed by atoms with van der Waals surface area (Å²) in [6, 6.07) is 3.48. The number of hydrogen-bond acceptors (Lipinski definition) is 3. The number of amides is 1. The molecule has 0 radical (unpaired) electrons. The van der Waals surface area contributed by atoms with Gasteiger partial charge in [0.05, 0.1) is 6.26 Å². The summed E-state index contributed by atoms with van der Waals surface area (Å²) in [5.41, 5.74) is 0. The average Bonchev–Trinajstić information content (AvgIpc) is 2.82. The largest absolute Gasteiger partial charge is 0.459 e. The van der Waals surface area contributed by atoms with Gasteiger partial charge >= 0.3 is 0 Å². The van der Waals surface area contributed by atoms with Crippen molar-refractivity contribution in [1.82, 2.24) is 10.2 Å². The summed E-state index contributed by atoms with van der Waals surface area (Å²) in [5, 5.41) is 3.17. The molecule has 4 nitrogen and oxygen atoms in total. The molecule has 1 aromatic rings. The van der Waals surface area contributed by atoms with Crippen LogP contribution >= 0.6 is 12.4 Å². The molecule has 1 aromatic heterocycles. The Morgan fingerprint density at radius 2 is 2.47 bits per heavy atom. The van der Waals surface area contributed by atoms with Crippen LogP contribution in [0.25, 0.3) is 0 Å². The molecule has 1 atom stereocenters. The van der Waals surface area contributed by atoms with Crippen molar-refractivity contribution in [3.8, 4) is 0 Å². The molecule has 1 fully saturated rings. The Hall–Kier alpha value is -1.00. The number of likely N-dealkylation sites (tertiary alicyclic amines) is 1. The van der Waals surface area contributed by atoms with E-state index in [1.807, 2.05) is 11.9 Å². The smallest absolute Gasteiger partial charge is 0.289 e. The second-order valence-corrected chi connectivity index (χ2v) is 4.29. The standard InChI is InChI=1S/C12H18N2O2.ClH/c1-13-8-10-4-2-6-14(9-10)12(15)11-5-3-7-16-11;/h3,5,7,10,13H,2,4,6,8-9H2,1H3;1H. The fraction of sp³-hybridized carbons (Fsp3) is 0.583. The predicted molar refractivity (Wildman–Crippen MR) is 68.5 cm³/mol. The molecule has 0 spiro atoms. The van der Waals surface area contributed by atoms with Crippen LogP contribution in [0.4, 0.5) is 0 Å². The molecule has 1 saturated heterocycles. The molecular weight excluding hydrogens is 240 g/mol. The van der Waals surface area contributed by atoms with Gasteiger partial charge in [0.25, 0.3) is 5.91 Å². The van der Waals surface area contributed by atoms with Crippen molar-refractivity contribution in [2.24, 2.45) is 5.92 Å². The van der Waals surface area contributed by atoms with Gasteiger partial charge in [0.15, 0.2) is 5.76 Å². The molecule has 96 valence electrons. The van der Waals surface area contributed by atoms with Gasteiger partial charge in [-0.2, -0.15) is 0 Å². The van der Waals surface area contributed by atoms with Crippen molar-refractivity contribution in [2.45, 2.75) is 12.8 Å². The molecule has 0 saturated carbocycles. The Bertz CT molecular complexity index is 338. The second kappa shape index (κ2) is 6.67. The minimum atomic E-state index is 0. The van der Waals surface area contributed by atoms with Crippen LogP contribution in [0.15, 0.2) is 22.8 Å². The molecule has 1 amide bonds. The van der Waals surface area contributed by atoms with Crippen LogP contribution in [-0.2, 0) is 0 Å². The lowest BCUT2D eigenvalue weighted by Gasteiger charge is -2.32. The van der Waals surface area contributed by atoms with Crippen LogP contribution in [0.2, 0.25) is 0 Å². The van der Waals surface area contributed by atoms with Crippen LogP contribution in [0.5, 0.6) is 0 Å². The van der Waals surface area contributed by atoms with Gasteiger partial charge in [-0.1, -0.05) is 0 Å². The van der Waals surface area contributed by atoms with Crippen LogP contribution in [-0.4, -0.2) is 37.5 Å². The topological polar surface area (TPSA) is 45.5 Å². The number of halogens is 1. The van der Waals surface area contributed by atoms with E-state index < -0.39 is 0 Å².